The molecule has 0 amide bonds. The first-order chi connectivity index (χ1) is 21.9. The highest BCUT2D eigenvalue weighted by molar-refractivity contribution is 5.53. The fourth-order valence-electron chi connectivity index (χ4n) is 9.93. The molecular weight excluding hydrogens is 566 g/mol. The van der Waals surface area contributed by atoms with Crippen LogP contribution in [0.4, 0.5) is 8.78 Å². The lowest BCUT2D eigenvalue weighted by Crippen LogP contribution is -2.35. The van der Waals surface area contributed by atoms with Crippen molar-refractivity contribution in [2.75, 3.05) is 6.61 Å². The van der Waals surface area contributed by atoms with Crippen molar-refractivity contribution < 1.29 is 23.0 Å². The molecule has 45 heavy (non-hydrogen) atoms. The van der Waals surface area contributed by atoms with E-state index in [9.17, 15) is 13.6 Å². The average Bonchev–Trinajstić information content (AvgIpc) is 3.11. The molecule has 0 radical (unpaired) electrons. The van der Waals surface area contributed by atoms with Crippen molar-refractivity contribution in [1.29, 1.82) is 0 Å². The van der Waals surface area contributed by atoms with Crippen LogP contribution in [0.25, 0.3) is 0 Å². The number of ether oxygens (including phenoxy) is 2. The van der Waals surface area contributed by atoms with Crippen molar-refractivity contribution in [3.05, 3.63) is 23.3 Å². The molecule has 5 aliphatic rings. The maximum atomic E-state index is 14.6. The normalized spacial score (nSPS) is 35.3. The van der Waals surface area contributed by atoms with Crippen LogP contribution >= 0.6 is 0 Å². The van der Waals surface area contributed by atoms with Crippen LogP contribution in [0.15, 0.2) is 6.07 Å². The zero-order valence-corrected chi connectivity index (χ0v) is 28.7. The summed E-state index contributed by atoms with van der Waals surface area (Å²) in [5.74, 6) is 4.89. The third kappa shape index (κ3) is 8.83. The summed E-state index contributed by atoms with van der Waals surface area (Å²) in [6.07, 6.45) is 26.9. The Labute approximate surface area is 273 Å². The Balaban J connectivity index is 0.000000211. The van der Waals surface area contributed by atoms with Gasteiger partial charge in [-0.2, -0.15) is 8.78 Å². The molecule has 254 valence electrons. The zero-order chi connectivity index (χ0) is 31.8. The molecule has 4 fully saturated rings. The lowest BCUT2D eigenvalue weighted by atomic mass is 9.68. The quantitative estimate of drug-likeness (QED) is 0.269. The molecule has 0 spiro atoms. The van der Waals surface area contributed by atoms with E-state index in [0.717, 1.165) is 53.9 Å². The standard InChI is InChI=1S/C25H36F2O2.C15H26O/c1-3-16-5-7-17(8-6-16)18-9-11-19(12-10-18)21-14-13-20-15-22(28-4-2)23(26)24(27)25(20)29-21;1-2-12-3-7-14(8-4-12)15-9-5-13(11-16)6-10-15/h15-19,21H,3-14H2,1-2H3;11-15H,2-10H2,1H3. The summed E-state index contributed by atoms with van der Waals surface area (Å²) in [6.45, 7) is 6.75. The molecule has 6 rings (SSSR count). The van der Waals surface area contributed by atoms with Gasteiger partial charge in [-0.1, -0.05) is 52.4 Å². The topological polar surface area (TPSA) is 35.5 Å². The maximum Gasteiger partial charge on any atom is 0.204 e. The molecule has 1 atom stereocenters. The van der Waals surface area contributed by atoms with Crippen molar-refractivity contribution in [3.63, 3.8) is 0 Å². The number of carbonyl (C=O) groups excluding carboxylic acids is 1. The summed E-state index contributed by atoms with van der Waals surface area (Å²) in [5.41, 5.74) is 0.741. The number of carbonyl (C=O) groups is 1. The second-order valence-electron chi connectivity index (χ2n) is 15.5. The monoisotopic (exact) mass is 628 g/mol. The summed E-state index contributed by atoms with van der Waals surface area (Å²) < 4.78 is 40.2. The molecule has 5 heteroatoms. The molecule has 0 aromatic heterocycles. The van der Waals surface area contributed by atoms with E-state index in [1.165, 1.54) is 122 Å². The van der Waals surface area contributed by atoms with E-state index in [2.05, 4.69) is 13.8 Å². The minimum Gasteiger partial charge on any atom is -0.491 e. The Kier molecular flexibility index (Phi) is 13.1. The van der Waals surface area contributed by atoms with Crippen molar-refractivity contribution in [2.24, 2.45) is 47.3 Å². The summed E-state index contributed by atoms with van der Waals surface area (Å²) in [5, 5.41) is 0. The van der Waals surface area contributed by atoms with Crippen molar-refractivity contribution in [1.82, 2.24) is 0 Å². The van der Waals surface area contributed by atoms with Crippen LogP contribution in [-0.2, 0) is 11.2 Å². The Morgan fingerprint density at radius 1 is 0.667 bits per heavy atom. The van der Waals surface area contributed by atoms with E-state index in [1.54, 1.807) is 13.0 Å². The molecule has 4 saturated carbocycles. The molecule has 3 nitrogen and oxygen atoms in total. The molecule has 4 aliphatic carbocycles. The van der Waals surface area contributed by atoms with Gasteiger partial charge in [0.2, 0.25) is 11.6 Å². The first-order valence-electron chi connectivity index (χ1n) is 19.2. The third-order valence-corrected chi connectivity index (χ3v) is 13.1. The predicted molar refractivity (Wildman–Crippen MR) is 179 cm³/mol. The number of fused-ring (bicyclic) bond motifs is 1. The van der Waals surface area contributed by atoms with Gasteiger partial charge in [0, 0.05) is 11.5 Å². The van der Waals surface area contributed by atoms with Gasteiger partial charge in [-0.05, 0) is 144 Å². The first kappa shape index (κ1) is 34.7. The van der Waals surface area contributed by atoms with E-state index in [0.29, 0.717) is 18.4 Å². The summed E-state index contributed by atoms with van der Waals surface area (Å²) >= 11 is 0. The number of hydrogen-bond acceptors (Lipinski definition) is 3. The van der Waals surface area contributed by atoms with Crippen LogP contribution < -0.4 is 9.47 Å². The van der Waals surface area contributed by atoms with Gasteiger partial charge in [0.15, 0.2) is 11.5 Å². The average molecular weight is 629 g/mol. The highest BCUT2D eigenvalue weighted by Gasteiger charge is 2.37. The van der Waals surface area contributed by atoms with Gasteiger partial charge in [0.1, 0.15) is 12.4 Å². The smallest absolute Gasteiger partial charge is 0.204 e. The van der Waals surface area contributed by atoms with Gasteiger partial charge in [-0.15, -0.1) is 0 Å². The first-order valence-corrected chi connectivity index (χ1v) is 19.2. The van der Waals surface area contributed by atoms with Gasteiger partial charge >= 0.3 is 0 Å². The van der Waals surface area contributed by atoms with Crippen LogP contribution in [0.3, 0.4) is 0 Å². The highest BCUT2D eigenvalue weighted by atomic mass is 19.2. The second kappa shape index (κ2) is 17.0. The summed E-state index contributed by atoms with van der Waals surface area (Å²) in [7, 11) is 0. The van der Waals surface area contributed by atoms with Crippen molar-refractivity contribution >= 4 is 6.29 Å². The molecule has 0 N–H and O–H groups in total. The van der Waals surface area contributed by atoms with E-state index in [4.69, 9.17) is 9.47 Å². The van der Waals surface area contributed by atoms with Crippen molar-refractivity contribution in [3.8, 4) is 11.5 Å². The Hall–Kier alpha value is -1.65. The number of benzene rings is 1. The highest BCUT2D eigenvalue weighted by Crippen LogP contribution is 2.46. The maximum absolute atomic E-state index is 14.6. The van der Waals surface area contributed by atoms with Crippen LogP contribution in [0.1, 0.15) is 148 Å². The second-order valence-corrected chi connectivity index (χ2v) is 15.5. The van der Waals surface area contributed by atoms with E-state index >= 15 is 0 Å². The Morgan fingerprint density at radius 3 is 1.60 bits per heavy atom. The SMILES string of the molecule is CCC1CCC(C2CCC(C=O)CC2)CC1.CCOc1cc2c(c(F)c1F)OC(C1CCC(C3CCC(CC)CC3)CC1)CC2. The number of aldehydes is 1. The molecule has 0 bridgehead atoms. The fraction of sp³-hybridized carbons (Fsp3) is 0.825. The number of halogens is 2. The lowest BCUT2D eigenvalue weighted by molar-refractivity contribution is -0.112. The van der Waals surface area contributed by atoms with Crippen LogP contribution in [-0.4, -0.2) is 19.0 Å². The zero-order valence-electron chi connectivity index (χ0n) is 28.7. The molecule has 1 aromatic rings. The fourth-order valence-corrected chi connectivity index (χ4v) is 9.93. The lowest BCUT2D eigenvalue weighted by Gasteiger charge is -2.40. The number of rotatable bonds is 8. The molecular formula is C40H62F2O3. The Morgan fingerprint density at radius 2 is 1.13 bits per heavy atom. The molecule has 1 unspecified atom stereocenters. The van der Waals surface area contributed by atoms with Gasteiger partial charge in [-0.25, -0.2) is 0 Å². The minimum absolute atomic E-state index is 0.00380. The van der Waals surface area contributed by atoms with E-state index in [1.807, 2.05) is 0 Å². The van der Waals surface area contributed by atoms with E-state index < -0.39 is 11.6 Å². The van der Waals surface area contributed by atoms with Crippen LogP contribution in [0.5, 0.6) is 11.5 Å². The van der Waals surface area contributed by atoms with Crippen LogP contribution in [0, 0.1) is 59.0 Å². The molecule has 1 heterocycles. The number of hydrogen-bond donors (Lipinski definition) is 0. The minimum atomic E-state index is -0.919. The predicted octanol–water partition coefficient (Wildman–Crippen LogP) is 11.3. The molecule has 1 aromatic carbocycles. The van der Waals surface area contributed by atoms with Gasteiger partial charge in [-0.3, -0.25) is 0 Å². The molecule has 1 aliphatic heterocycles. The van der Waals surface area contributed by atoms with E-state index in [-0.39, 0.29) is 17.6 Å². The number of aryl methyl sites for hydroxylation is 1. The summed E-state index contributed by atoms with van der Waals surface area (Å²) in [6, 6.07) is 1.62. The third-order valence-electron chi connectivity index (χ3n) is 13.1. The molecule has 0 saturated heterocycles. The van der Waals surface area contributed by atoms with Gasteiger partial charge in [0.05, 0.1) is 6.61 Å². The van der Waals surface area contributed by atoms with Crippen molar-refractivity contribution in [2.45, 2.75) is 155 Å². The largest absolute Gasteiger partial charge is 0.491 e. The van der Waals surface area contributed by atoms with Crippen LogP contribution in [0.2, 0.25) is 0 Å². The van der Waals surface area contributed by atoms with Gasteiger partial charge < -0.3 is 14.3 Å². The Bertz CT molecular complexity index is 1040. The van der Waals surface area contributed by atoms with Gasteiger partial charge in [0.25, 0.3) is 0 Å². The summed E-state index contributed by atoms with van der Waals surface area (Å²) in [4.78, 5) is 10.7.